The number of nitrogens with one attached hydrogen (secondary N) is 1. The van der Waals surface area contributed by atoms with Crippen LogP contribution in [-0.4, -0.2) is 29.9 Å². The van der Waals surface area contributed by atoms with Gasteiger partial charge in [-0.2, -0.15) is 8.78 Å². The van der Waals surface area contributed by atoms with Gasteiger partial charge in [0, 0.05) is 18.7 Å². The van der Waals surface area contributed by atoms with Gasteiger partial charge in [0.25, 0.3) is 0 Å². The Kier molecular flexibility index (Phi) is 6.14. The molecular weight excluding hydrogens is 390 g/mol. The molecule has 5 nitrogen and oxygen atoms in total. The molecule has 2 aromatic rings. The predicted molar refractivity (Wildman–Crippen MR) is 101 cm³/mol. The van der Waals surface area contributed by atoms with E-state index in [0.29, 0.717) is 12.2 Å². The maximum atomic E-state index is 12.6. The monoisotopic (exact) mass is 408 g/mol. The van der Waals surface area contributed by atoms with Crippen LogP contribution < -0.4 is 10.1 Å². The molecule has 3 rings (SSSR count). The number of benzene rings is 2. The van der Waals surface area contributed by atoms with Crippen molar-refractivity contribution in [1.82, 2.24) is 4.90 Å². The van der Waals surface area contributed by atoms with E-state index >= 15 is 0 Å². The van der Waals surface area contributed by atoms with E-state index in [-0.39, 0.29) is 35.0 Å². The highest BCUT2D eigenvalue weighted by Gasteiger charge is 2.37. The summed E-state index contributed by atoms with van der Waals surface area (Å²) >= 11 is 5.90. The molecule has 1 saturated heterocycles. The van der Waals surface area contributed by atoms with E-state index in [4.69, 9.17) is 11.6 Å². The van der Waals surface area contributed by atoms with Crippen LogP contribution >= 0.6 is 11.6 Å². The molecule has 1 aliphatic rings. The zero-order valence-corrected chi connectivity index (χ0v) is 15.8. The normalized spacial score (nSPS) is 17.7. The molecule has 0 aliphatic carbocycles. The SMILES string of the molecule is C[C@@H](c1ccccc1)N1C[C@@H](C(=O)Nc2ccc(OC(F)F)c(Cl)c2)CC1=O. The summed E-state index contributed by atoms with van der Waals surface area (Å²) in [5, 5.41) is 2.64. The summed E-state index contributed by atoms with van der Waals surface area (Å²) in [6.45, 7) is -0.754. The van der Waals surface area contributed by atoms with Gasteiger partial charge in [0.2, 0.25) is 11.8 Å². The van der Waals surface area contributed by atoms with Gasteiger partial charge in [-0.3, -0.25) is 9.59 Å². The largest absolute Gasteiger partial charge is 0.433 e. The van der Waals surface area contributed by atoms with Gasteiger partial charge < -0.3 is 15.0 Å². The fraction of sp³-hybridized carbons (Fsp3) is 0.300. The first-order chi connectivity index (χ1) is 13.3. The minimum atomic E-state index is -2.99. The number of hydrogen-bond donors (Lipinski definition) is 1. The number of alkyl halides is 2. The molecule has 2 atom stereocenters. The number of hydrogen-bond acceptors (Lipinski definition) is 3. The van der Waals surface area contributed by atoms with Crippen molar-refractivity contribution in [3.05, 3.63) is 59.1 Å². The van der Waals surface area contributed by atoms with Crippen molar-refractivity contribution < 1.29 is 23.1 Å². The molecule has 0 radical (unpaired) electrons. The van der Waals surface area contributed by atoms with E-state index in [1.54, 1.807) is 4.90 Å². The fourth-order valence-electron chi connectivity index (χ4n) is 3.21. The standard InChI is InChI=1S/C20H19ClF2N2O3/c1-12(13-5-3-2-4-6-13)25-11-14(9-18(25)26)19(27)24-15-7-8-17(16(21)10-15)28-20(22)23/h2-8,10,12,14,20H,9,11H2,1H3,(H,24,27)/t12-,14-/m0/s1. The fourth-order valence-corrected chi connectivity index (χ4v) is 3.43. The minimum absolute atomic E-state index is 0.0417. The lowest BCUT2D eigenvalue weighted by Crippen LogP contribution is -2.30. The Morgan fingerprint density at radius 2 is 1.96 bits per heavy atom. The van der Waals surface area contributed by atoms with Gasteiger partial charge in [0.15, 0.2) is 0 Å². The number of anilines is 1. The van der Waals surface area contributed by atoms with Gasteiger partial charge in [0.1, 0.15) is 5.75 Å². The van der Waals surface area contributed by atoms with Crippen LogP contribution in [0.3, 0.4) is 0 Å². The van der Waals surface area contributed by atoms with E-state index in [2.05, 4.69) is 10.1 Å². The zero-order valence-electron chi connectivity index (χ0n) is 15.1. The van der Waals surface area contributed by atoms with Crippen LogP contribution in [0.25, 0.3) is 0 Å². The molecule has 8 heteroatoms. The Morgan fingerprint density at radius 1 is 1.25 bits per heavy atom. The van der Waals surface area contributed by atoms with Crippen molar-refractivity contribution >= 4 is 29.1 Å². The van der Waals surface area contributed by atoms with Gasteiger partial charge in [-0.25, -0.2) is 0 Å². The minimum Gasteiger partial charge on any atom is -0.433 e. The molecule has 0 unspecified atom stereocenters. The summed E-state index contributed by atoms with van der Waals surface area (Å²) in [4.78, 5) is 26.6. The number of likely N-dealkylation sites (tertiary alicyclic amines) is 1. The summed E-state index contributed by atoms with van der Waals surface area (Å²) in [6, 6.07) is 13.5. The summed E-state index contributed by atoms with van der Waals surface area (Å²) in [7, 11) is 0. The third-order valence-electron chi connectivity index (χ3n) is 4.69. The molecular formula is C20H19ClF2N2O3. The highest BCUT2D eigenvalue weighted by atomic mass is 35.5. The second kappa shape index (κ2) is 8.56. The van der Waals surface area contributed by atoms with E-state index in [1.807, 2.05) is 37.3 Å². The second-order valence-electron chi connectivity index (χ2n) is 6.55. The van der Waals surface area contributed by atoms with Crippen LogP contribution in [0.15, 0.2) is 48.5 Å². The van der Waals surface area contributed by atoms with Crippen LogP contribution in [0.5, 0.6) is 5.75 Å². The number of rotatable bonds is 6. The quantitative estimate of drug-likeness (QED) is 0.766. The number of amides is 2. The third kappa shape index (κ3) is 4.59. The van der Waals surface area contributed by atoms with Gasteiger partial charge in [-0.15, -0.1) is 0 Å². The second-order valence-corrected chi connectivity index (χ2v) is 6.95. The smallest absolute Gasteiger partial charge is 0.387 e. The number of ether oxygens (including phenoxy) is 1. The number of nitrogens with zero attached hydrogens (tertiary/aromatic N) is 1. The van der Waals surface area contributed by atoms with Crippen LogP contribution in [0.2, 0.25) is 5.02 Å². The predicted octanol–water partition coefficient (Wildman–Crippen LogP) is 4.49. The average molecular weight is 409 g/mol. The molecule has 0 spiro atoms. The van der Waals surface area contributed by atoms with E-state index in [9.17, 15) is 18.4 Å². The van der Waals surface area contributed by atoms with Crippen LogP contribution in [0.1, 0.15) is 24.9 Å². The van der Waals surface area contributed by atoms with Crippen LogP contribution in [-0.2, 0) is 9.59 Å². The average Bonchev–Trinajstić information content (AvgIpc) is 3.05. The van der Waals surface area contributed by atoms with Gasteiger partial charge in [-0.1, -0.05) is 41.9 Å². The zero-order chi connectivity index (χ0) is 20.3. The molecule has 0 saturated carbocycles. The molecule has 2 amide bonds. The van der Waals surface area contributed by atoms with Crippen molar-refractivity contribution in [3.63, 3.8) is 0 Å². The van der Waals surface area contributed by atoms with E-state index < -0.39 is 12.5 Å². The molecule has 0 aromatic heterocycles. The Morgan fingerprint density at radius 3 is 2.61 bits per heavy atom. The van der Waals surface area contributed by atoms with Crippen molar-refractivity contribution in [3.8, 4) is 5.75 Å². The van der Waals surface area contributed by atoms with Crippen molar-refractivity contribution in [1.29, 1.82) is 0 Å². The van der Waals surface area contributed by atoms with Gasteiger partial charge >= 0.3 is 6.61 Å². The maximum Gasteiger partial charge on any atom is 0.387 e. The molecule has 0 bridgehead atoms. The summed E-state index contributed by atoms with van der Waals surface area (Å²) in [6.07, 6.45) is 0.114. The molecule has 2 aromatic carbocycles. The number of halogens is 3. The molecule has 1 aliphatic heterocycles. The Balaban J connectivity index is 1.64. The first kappa shape index (κ1) is 20.1. The number of carbonyl (C=O) groups excluding carboxylic acids is 2. The maximum absolute atomic E-state index is 12.6. The van der Waals surface area contributed by atoms with Crippen molar-refractivity contribution in [2.45, 2.75) is 26.0 Å². The molecule has 1 heterocycles. The lowest BCUT2D eigenvalue weighted by Gasteiger charge is -2.25. The lowest BCUT2D eigenvalue weighted by molar-refractivity contribution is -0.129. The summed E-state index contributed by atoms with van der Waals surface area (Å²) in [5.41, 5.74) is 1.34. The highest BCUT2D eigenvalue weighted by Crippen LogP contribution is 2.31. The molecule has 1 N–H and O–H groups in total. The Labute approximate surface area is 166 Å². The Hall–Kier alpha value is -2.67. The topological polar surface area (TPSA) is 58.6 Å². The van der Waals surface area contributed by atoms with Gasteiger partial charge in [-0.05, 0) is 30.7 Å². The third-order valence-corrected chi connectivity index (χ3v) is 4.99. The molecule has 148 valence electrons. The summed E-state index contributed by atoms with van der Waals surface area (Å²) in [5.74, 6) is -1.09. The van der Waals surface area contributed by atoms with Crippen LogP contribution in [0, 0.1) is 5.92 Å². The van der Waals surface area contributed by atoms with Crippen LogP contribution in [0.4, 0.5) is 14.5 Å². The molecule has 1 fully saturated rings. The Bertz CT molecular complexity index is 864. The lowest BCUT2D eigenvalue weighted by atomic mass is 10.1. The van der Waals surface area contributed by atoms with Gasteiger partial charge in [0.05, 0.1) is 17.0 Å². The highest BCUT2D eigenvalue weighted by molar-refractivity contribution is 6.32. The van der Waals surface area contributed by atoms with E-state index in [0.717, 1.165) is 5.56 Å². The van der Waals surface area contributed by atoms with Crippen molar-refractivity contribution in [2.24, 2.45) is 5.92 Å². The first-order valence-corrected chi connectivity index (χ1v) is 9.12. The van der Waals surface area contributed by atoms with Crippen molar-refractivity contribution in [2.75, 3.05) is 11.9 Å². The van der Waals surface area contributed by atoms with E-state index in [1.165, 1.54) is 18.2 Å². The number of carbonyl (C=O) groups is 2. The summed E-state index contributed by atoms with van der Waals surface area (Å²) < 4.78 is 28.9. The first-order valence-electron chi connectivity index (χ1n) is 8.74. The molecule has 28 heavy (non-hydrogen) atoms.